The number of carbonyl (C=O) groups is 1. The van der Waals surface area contributed by atoms with Crippen molar-refractivity contribution in [3.8, 4) is 5.75 Å². The van der Waals surface area contributed by atoms with Gasteiger partial charge in [-0.15, -0.1) is 0 Å². The van der Waals surface area contributed by atoms with Crippen LogP contribution in [-0.4, -0.2) is 41.3 Å². The quantitative estimate of drug-likeness (QED) is 0.776. The molecule has 1 rings (SSSR count). The molecule has 118 valence electrons. The number of hydrogen-bond donors (Lipinski definition) is 1. The summed E-state index contributed by atoms with van der Waals surface area (Å²) in [4.78, 5) is 12.2. The highest BCUT2D eigenvalue weighted by Crippen LogP contribution is 2.25. The summed E-state index contributed by atoms with van der Waals surface area (Å²) in [5, 5.41) is 2.79. The molecule has 0 atom stereocenters. The molecule has 1 aromatic carbocycles. The highest BCUT2D eigenvalue weighted by atomic mass is 32.2. The van der Waals surface area contributed by atoms with Crippen LogP contribution in [0.1, 0.15) is 30.1 Å². The van der Waals surface area contributed by atoms with E-state index in [1.807, 2.05) is 6.92 Å². The zero-order chi connectivity index (χ0) is 16.0. The summed E-state index contributed by atoms with van der Waals surface area (Å²) < 4.78 is 29.4. The normalized spacial score (nSPS) is 11.0. The SMILES string of the molecule is CCCCNC(=O)c1cc(N(C)S(C)(=O)=O)ccc1OC. The van der Waals surface area contributed by atoms with Crippen molar-refractivity contribution in [2.24, 2.45) is 0 Å². The first-order chi connectivity index (χ1) is 9.81. The molecular weight excluding hydrogens is 292 g/mol. The number of carbonyl (C=O) groups excluding carboxylic acids is 1. The number of sulfonamides is 1. The van der Waals surface area contributed by atoms with E-state index in [9.17, 15) is 13.2 Å². The van der Waals surface area contributed by atoms with E-state index in [0.717, 1.165) is 23.4 Å². The molecule has 0 unspecified atom stereocenters. The van der Waals surface area contributed by atoms with Gasteiger partial charge in [-0.2, -0.15) is 0 Å². The molecule has 21 heavy (non-hydrogen) atoms. The number of rotatable bonds is 7. The lowest BCUT2D eigenvalue weighted by molar-refractivity contribution is 0.0950. The van der Waals surface area contributed by atoms with E-state index in [2.05, 4.69) is 5.32 Å². The number of hydrogen-bond acceptors (Lipinski definition) is 4. The minimum atomic E-state index is -3.38. The first kappa shape index (κ1) is 17.3. The topological polar surface area (TPSA) is 75.7 Å². The summed E-state index contributed by atoms with van der Waals surface area (Å²) in [7, 11) is -0.467. The van der Waals surface area contributed by atoms with Crippen molar-refractivity contribution in [3.63, 3.8) is 0 Å². The van der Waals surface area contributed by atoms with Crippen LogP contribution in [0.5, 0.6) is 5.75 Å². The third-order valence-electron chi connectivity index (χ3n) is 3.10. The number of nitrogens with one attached hydrogen (secondary N) is 1. The number of unbranched alkanes of at least 4 members (excludes halogenated alkanes) is 1. The molecule has 0 bridgehead atoms. The third-order valence-corrected chi connectivity index (χ3v) is 4.31. The van der Waals surface area contributed by atoms with Gasteiger partial charge in [0.25, 0.3) is 5.91 Å². The monoisotopic (exact) mass is 314 g/mol. The average Bonchev–Trinajstić information content (AvgIpc) is 2.45. The second-order valence-electron chi connectivity index (χ2n) is 4.72. The van der Waals surface area contributed by atoms with E-state index in [1.54, 1.807) is 12.1 Å². The zero-order valence-corrected chi connectivity index (χ0v) is 13.7. The predicted octanol–water partition coefficient (Wildman–Crippen LogP) is 1.62. The van der Waals surface area contributed by atoms with Gasteiger partial charge in [0, 0.05) is 13.6 Å². The maximum atomic E-state index is 12.2. The molecule has 1 N–H and O–H groups in total. The van der Waals surface area contributed by atoms with Crippen molar-refractivity contribution < 1.29 is 17.9 Å². The number of amides is 1. The summed E-state index contributed by atoms with van der Waals surface area (Å²) >= 11 is 0. The predicted molar refractivity (Wildman–Crippen MR) is 83.5 cm³/mol. The first-order valence-electron chi connectivity index (χ1n) is 6.71. The molecule has 7 heteroatoms. The molecule has 1 amide bonds. The molecule has 0 aliphatic rings. The Labute approximate surface area is 126 Å². The van der Waals surface area contributed by atoms with Crippen molar-refractivity contribution >= 4 is 21.6 Å². The molecule has 0 saturated carbocycles. The summed E-state index contributed by atoms with van der Waals surface area (Å²) in [6.07, 6.45) is 2.98. The van der Waals surface area contributed by atoms with Crippen LogP contribution >= 0.6 is 0 Å². The molecule has 0 aromatic heterocycles. The van der Waals surface area contributed by atoms with E-state index in [0.29, 0.717) is 23.5 Å². The van der Waals surface area contributed by atoms with Crippen LogP contribution in [0.3, 0.4) is 0 Å². The molecular formula is C14H22N2O4S. The van der Waals surface area contributed by atoms with E-state index >= 15 is 0 Å². The minimum absolute atomic E-state index is 0.274. The van der Waals surface area contributed by atoms with E-state index in [1.165, 1.54) is 20.2 Å². The number of nitrogens with zero attached hydrogens (tertiary/aromatic N) is 1. The van der Waals surface area contributed by atoms with Crippen molar-refractivity contribution in [3.05, 3.63) is 23.8 Å². The molecule has 0 saturated heterocycles. The van der Waals surface area contributed by atoms with Crippen molar-refractivity contribution in [1.82, 2.24) is 5.32 Å². The van der Waals surface area contributed by atoms with E-state index in [4.69, 9.17) is 4.74 Å². The molecule has 0 aliphatic carbocycles. The second-order valence-corrected chi connectivity index (χ2v) is 6.74. The van der Waals surface area contributed by atoms with Gasteiger partial charge in [0.1, 0.15) is 5.75 Å². The van der Waals surface area contributed by atoms with Crippen LogP contribution in [0.25, 0.3) is 0 Å². The van der Waals surface area contributed by atoms with Gasteiger partial charge in [0.05, 0.1) is 24.6 Å². The number of benzene rings is 1. The van der Waals surface area contributed by atoms with Crippen LogP contribution in [0.2, 0.25) is 0 Å². The molecule has 1 aromatic rings. The Morgan fingerprint density at radius 2 is 2.05 bits per heavy atom. The van der Waals surface area contributed by atoms with Gasteiger partial charge in [-0.3, -0.25) is 9.10 Å². The number of ether oxygens (including phenoxy) is 1. The lowest BCUT2D eigenvalue weighted by Crippen LogP contribution is -2.27. The standard InChI is InChI=1S/C14H22N2O4S/c1-5-6-9-15-14(17)12-10-11(7-8-13(12)20-3)16(2)21(4,18)19/h7-8,10H,5-6,9H2,1-4H3,(H,15,17). The van der Waals surface area contributed by atoms with Crippen LogP contribution in [0.4, 0.5) is 5.69 Å². The molecule has 0 fully saturated rings. The van der Waals surface area contributed by atoms with Gasteiger partial charge in [-0.1, -0.05) is 13.3 Å². The number of anilines is 1. The molecule has 0 spiro atoms. The van der Waals surface area contributed by atoms with Gasteiger partial charge in [0.2, 0.25) is 10.0 Å². The number of methoxy groups -OCH3 is 1. The molecule has 0 heterocycles. The Kier molecular flexibility index (Phi) is 6.02. The minimum Gasteiger partial charge on any atom is -0.496 e. The highest BCUT2D eigenvalue weighted by molar-refractivity contribution is 7.92. The molecule has 0 aliphatic heterocycles. The Balaban J connectivity index is 3.09. The lowest BCUT2D eigenvalue weighted by atomic mass is 10.1. The maximum Gasteiger partial charge on any atom is 0.255 e. The van der Waals surface area contributed by atoms with Gasteiger partial charge < -0.3 is 10.1 Å². The van der Waals surface area contributed by atoms with Crippen molar-refractivity contribution in [1.29, 1.82) is 0 Å². The lowest BCUT2D eigenvalue weighted by Gasteiger charge is -2.18. The highest BCUT2D eigenvalue weighted by Gasteiger charge is 2.17. The van der Waals surface area contributed by atoms with Crippen LogP contribution in [-0.2, 0) is 10.0 Å². The van der Waals surface area contributed by atoms with E-state index < -0.39 is 10.0 Å². The third kappa shape index (κ3) is 4.63. The fourth-order valence-corrected chi connectivity index (χ4v) is 2.23. The Hall–Kier alpha value is -1.76. The second kappa shape index (κ2) is 7.31. The van der Waals surface area contributed by atoms with Gasteiger partial charge >= 0.3 is 0 Å². The smallest absolute Gasteiger partial charge is 0.255 e. The van der Waals surface area contributed by atoms with Crippen LogP contribution < -0.4 is 14.4 Å². The summed E-state index contributed by atoms with van der Waals surface area (Å²) in [5.74, 6) is 0.138. The fraction of sp³-hybridized carbons (Fsp3) is 0.500. The van der Waals surface area contributed by atoms with Gasteiger partial charge in [-0.25, -0.2) is 8.42 Å². The van der Waals surface area contributed by atoms with Gasteiger partial charge in [0.15, 0.2) is 0 Å². The molecule has 6 nitrogen and oxygen atoms in total. The Morgan fingerprint density at radius 3 is 2.57 bits per heavy atom. The summed E-state index contributed by atoms with van der Waals surface area (Å²) in [6.45, 7) is 2.61. The molecule has 0 radical (unpaired) electrons. The fourth-order valence-electron chi connectivity index (χ4n) is 1.73. The summed E-state index contributed by atoms with van der Waals surface area (Å²) in [6, 6.07) is 4.70. The first-order valence-corrected chi connectivity index (χ1v) is 8.56. The van der Waals surface area contributed by atoms with E-state index in [-0.39, 0.29) is 5.91 Å². The average molecular weight is 314 g/mol. The van der Waals surface area contributed by atoms with Crippen LogP contribution in [0.15, 0.2) is 18.2 Å². The largest absolute Gasteiger partial charge is 0.496 e. The maximum absolute atomic E-state index is 12.2. The van der Waals surface area contributed by atoms with Crippen molar-refractivity contribution in [2.45, 2.75) is 19.8 Å². The zero-order valence-electron chi connectivity index (χ0n) is 12.8. The van der Waals surface area contributed by atoms with Crippen LogP contribution in [0, 0.1) is 0 Å². The Bertz CT molecular complexity index is 599. The summed E-state index contributed by atoms with van der Waals surface area (Å²) in [5.41, 5.74) is 0.737. The van der Waals surface area contributed by atoms with Gasteiger partial charge in [-0.05, 0) is 24.6 Å². The Morgan fingerprint density at radius 1 is 1.38 bits per heavy atom. The van der Waals surface area contributed by atoms with Crippen molar-refractivity contribution in [2.75, 3.05) is 31.3 Å².